The summed E-state index contributed by atoms with van der Waals surface area (Å²) in [4.78, 5) is 12.6. The van der Waals surface area contributed by atoms with E-state index < -0.39 is 5.78 Å². The molecule has 0 fully saturated rings. The van der Waals surface area contributed by atoms with Crippen LogP contribution in [-0.4, -0.2) is 34.8 Å². The maximum Gasteiger partial charge on any atom is 0.204 e. The zero-order valence-electron chi connectivity index (χ0n) is 12.2. The van der Waals surface area contributed by atoms with Gasteiger partial charge >= 0.3 is 0 Å². The van der Waals surface area contributed by atoms with Crippen LogP contribution in [0.2, 0.25) is 0 Å². The number of hydrogen-bond acceptors (Lipinski definition) is 6. The standard InChI is InChI=1S/C17H14O6/c1-22-16-13(20)7-12(19)14-15(21)10(8-23-17(14)16)6-9-2-4-11(18)5-3-9/h2-7,18-20H,8H2,1H3. The van der Waals surface area contributed by atoms with E-state index in [1.807, 2.05) is 0 Å². The number of rotatable bonds is 2. The molecule has 3 rings (SSSR count). The molecule has 0 atom stereocenters. The van der Waals surface area contributed by atoms with Gasteiger partial charge in [0.1, 0.15) is 23.7 Å². The molecule has 0 unspecified atom stereocenters. The van der Waals surface area contributed by atoms with Crippen LogP contribution in [0.15, 0.2) is 35.9 Å². The highest BCUT2D eigenvalue weighted by atomic mass is 16.5. The monoisotopic (exact) mass is 314 g/mol. The van der Waals surface area contributed by atoms with Crippen molar-refractivity contribution in [3.05, 3.63) is 47.0 Å². The zero-order valence-corrected chi connectivity index (χ0v) is 12.2. The SMILES string of the molecule is COc1c(O)cc(O)c2c1OCC(=Cc1ccc(O)cc1)C2=O. The van der Waals surface area contributed by atoms with Crippen molar-refractivity contribution in [2.45, 2.75) is 0 Å². The van der Waals surface area contributed by atoms with E-state index >= 15 is 0 Å². The van der Waals surface area contributed by atoms with Crippen molar-refractivity contribution in [3.8, 4) is 28.7 Å². The number of ketones is 1. The lowest BCUT2D eigenvalue weighted by atomic mass is 9.96. The Morgan fingerprint density at radius 2 is 1.83 bits per heavy atom. The molecule has 3 N–H and O–H groups in total. The topological polar surface area (TPSA) is 96.2 Å². The predicted octanol–water partition coefficient (Wildman–Crippen LogP) is 2.47. The Morgan fingerprint density at radius 3 is 2.48 bits per heavy atom. The van der Waals surface area contributed by atoms with Crippen LogP contribution in [0.5, 0.6) is 28.7 Å². The lowest BCUT2D eigenvalue weighted by Gasteiger charge is -2.22. The van der Waals surface area contributed by atoms with E-state index in [0.29, 0.717) is 11.1 Å². The molecule has 1 aliphatic heterocycles. The Morgan fingerprint density at radius 1 is 1.13 bits per heavy atom. The van der Waals surface area contributed by atoms with Crippen LogP contribution in [0.1, 0.15) is 15.9 Å². The van der Waals surface area contributed by atoms with E-state index in [1.165, 1.54) is 19.2 Å². The van der Waals surface area contributed by atoms with Gasteiger partial charge in [0.05, 0.1) is 7.11 Å². The quantitative estimate of drug-likeness (QED) is 0.737. The molecule has 0 spiro atoms. The van der Waals surface area contributed by atoms with E-state index in [4.69, 9.17) is 9.47 Å². The maximum absolute atomic E-state index is 12.6. The van der Waals surface area contributed by atoms with Crippen molar-refractivity contribution in [2.24, 2.45) is 0 Å². The first-order valence-electron chi connectivity index (χ1n) is 6.81. The summed E-state index contributed by atoms with van der Waals surface area (Å²) < 4.78 is 10.5. The lowest BCUT2D eigenvalue weighted by Crippen LogP contribution is -2.19. The number of ether oxygens (including phenoxy) is 2. The maximum atomic E-state index is 12.6. The summed E-state index contributed by atoms with van der Waals surface area (Å²) in [7, 11) is 1.34. The van der Waals surface area contributed by atoms with Gasteiger partial charge in [0.2, 0.25) is 5.75 Å². The number of fused-ring (bicyclic) bond motifs is 1. The van der Waals surface area contributed by atoms with Crippen LogP contribution in [0.3, 0.4) is 0 Å². The summed E-state index contributed by atoms with van der Waals surface area (Å²) >= 11 is 0. The van der Waals surface area contributed by atoms with Crippen molar-refractivity contribution in [1.29, 1.82) is 0 Å². The number of aromatic hydroxyl groups is 3. The van der Waals surface area contributed by atoms with Crippen LogP contribution in [-0.2, 0) is 0 Å². The molecule has 2 aromatic rings. The van der Waals surface area contributed by atoms with E-state index in [2.05, 4.69) is 0 Å². The number of benzene rings is 2. The second kappa shape index (κ2) is 5.57. The summed E-state index contributed by atoms with van der Waals surface area (Å²) in [6.45, 7) is -0.0219. The highest BCUT2D eigenvalue weighted by molar-refractivity contribution is 6.16. The normalized spacial score (nSPS) is 15.2. The minimum atomic E-state index is -0.407. The Balaban J connectivity index is 2.06. The average Bonchev–Trinajstić information content (AvgIpc) is 2.52. The summed E-state index contributed by atoms with van der Waals surface area (Å²) in [5, 5.41) is 29.0. The number of hydrogen-bond donors (Lipinski definition) is 3. The first-order valence-corrected chi connectivity index (χ1v) is 6.81. The van der Waals surface area contributed by atoms with Gasteiger partial charge in [-0.15, -0.1) is 0 Å². The Bertz CT molecular complexity index is 805. The minimum Gasteiger partial charge on any atom is -0.508 e. The molecule has 2 aromatic carbocycles. The van der Waals surface area contributed by atoms with Crippen molar-refractivity contribution in [1.82, 2.24) is 0 Å². The molecule has 23 heavy (non-hydrogen) atoms. The third-order valence-electron chi connectivity index (χ3n) is 3.52. The third-order valence-corrected chi connectivity index (χ3v) is 3.52. The van der Waals surface area contributed by atoms with Crippen molar-refractivity contribution < 1.29 is 29.6 Å². The van der Waals surface area contributed by atoms with E-state index in [1.54, 1.807) is 18.2 Å². The van der Waals surface area contributed by atoms with Gasteiger partial charge in [0.25, 0.3) is 0 Å². The van der Waals surface area contributed by atoms with Gasteiger partial charge in [0, 0.05) is 11.6 Å². The van der Waals surface area contributed by atoms with E-state index in [0.717, 1.165) is 6.07 Å². The second-order valence-corrected chi connectivity index (χ2v) is 5.03. The van der Waals surface area contributed by atoms with Crippen LogP contribution in [0.25, 0.3) is 6.08 Å². The molecule has 118 valence electrons. The summed E-state index contributed by atoms with van der Waals surface area (Å²) in [6, 6.07) is 7.37. The van der Waals surface area contributed by atoms with Gasteiger partial charge in [-0.3, -0.25) is 4.79 Å². The second-order valence-electron chi connectivity index (χ2n) is 5.03. The van der Waals surface area contributed by atoms with Crippen LogP contribution < -0.4 is 9.47 Å². The number of carbonyl (C=O) groups excluding carboxylic acids is 1. The number of Topliss-reactive ketones (excluding diaryl/α,β-unsaturated/α-hetero) is 1. The van der Waals surface area contributed by atoms with Gasteiger partial charge in [-0.1, -0.05) is 12.1 Å². The van der Waals surface area contributed by atoms with Gasteiger partial charge in [-0.05, 0) is 23.8 Å². The fourth-order valence-corrected chi connectivity index (χ4v) is 2.42. The first-order chi connectivity index (χ1) is 11.0. The molecule has 0 saturated carbocycles. The van der Waals surface area contributed by atoms with E-state index in [-0.39, 0.29) is 40.9 Å². The molecule has 0 radical (unpaired) electrons. The fourth-order valence-electron chi connectivity index (χ4n) is 2.42. The van der Waals surface area contributed by atoms with Gasteiger partial charge in [-0.25, -0.2) is 0 Å². The third kappa shape index (κ3) is 2.55. The first kappa shape index (κ1) is 14.8. The molecular formula is C17H14O6. The Labute approximate surface area is 131 Å². The van der Waals surface area contributed by atoms with Crippen molar-refractivity contribution in [3.63, 3.8) is 0 Å². The molecule has 6 heteroatoms. The predicted molar refractivity (Wildman–Crippen MR) is 82.2 cm³/mol. The number of phenols is 3. The fraction of sp³-hybridized carbons (Fsp3) is 0.118. The summed E-state index contributed by atoms with van der Waals surface area (Å²) in [6.07, 6.45) is 1.61. The Hall–Kier alpha value is -3.15. The molecule has 1 aliphatic rings. The molecule has 0 aliphatic carbocycles. The molecule has 0 bridgehead atoms. The van der Waals surface area contributed by atoms with Gasteiger partial charge < -0.3 is 24.8 Å². The zero-order chi connectivity index (χ0) is 16.6. The Kier molecular flexibility index (Phi) is 3.57. The molecule has 6 nitrogen and oxygen atoms in total. The smallest absolute Gasteiger partial charge is 0.204 e. The molecule has 0 aromatic heterocycles. The largest absolute Gasteiger partial charge is 0.508 e. The van der Waals surface area contributed by atoms with Crippen molar-refractivity contribution >= 4 is 11.9 Å². The number of methoxy groups -OCH3 is 1. The minimum absolute atomic E-state index is 0.00911. The van der Waals surface area contributed by atoms with Crippen LogP contribution in [0, 0.1) is 0 Å². The number of phenolic OH excluding ortho intramolecular Hbond substituents is 3. The molecule has 0 amide bonds. The van der Waals surface area contributed by atoms with Gasteiger partial charge in [0.15, 0.2) is 17.3 Å². The van der Waals surface area contributed by atoms with Crippen molar-refractivity contribution in [2.75, 3.05) is 13.7 Å². The lowest BCUT2D eigenvalue weighted by molar-refractivity contribution is 0.0995. The molecular weight excluding hydrogens is 300 g/mol. The highest BCUT2D eigenvalue weighted by Crippen LogP contribution is 2.47. The molecule has 0 saturated heterocycles. The summed E-state index contributed by atoms with van der Waals surface area (Å²) in [5.74, 6) is -0.925. The van der Waals surface area contributed by atoms with Crippen LogP contribution >= 0.6 is 0 Å². The molecule has 1 heterocycles. The highest BCUT2D eigenvalue weighted by Gasteiger charge is 2.31. The summed E-state index contributed by atoms with van der Waals surface area (Å²) in [5.41, 5.74) is 1.01. The van der Waals surface area contributed by atoms with Gasteiger partial charge in [-0.2, -0.15) is 0 Å². The van der Waals surface area contributed by atoms with Crippen LogP contribution in [0.4, 0.5) is 0 Å². The average molecular weight is 314 g/mol. The van der Waals surface area contributed by atoms with E-state index in [9.17, 15) is 20.1 Å². The number of carbonyl (C=O) groups is 1.